The largest absolute Gasteiger partial charge is 0.0836 e. The van der Waals surface area contributed by atoms with Crippen molar-refractivity contribution < 1.29 is 0 Å². The molecular formula is C37H30Cl2. The molecule has 0 saturated carbocycles. The molecule has 0 N–H and O–H groups in total. The van der Waals surface area contributed by atoms with E-state index in [9.17, 15) is 0 Å². The summed E-state index contributed by atoms with van der Waals surface area (Å²) in [4.78, 5) is 0. The first-order valence-electron chi connectivity index (χ1n) is 13.7. The normalized spacial score (nSPS) is 11.4. The number of rotatable bonds is 7. The van der Waals surface area contributed by atoms with Crippen LogP contribution < -0.4 is 0 Å². The lowest BCUT2D eigenvalue weighted by Gasteiger charge is -2.19. The van der Waals surface area contributed by atoms with Gasteiger partial charge in [-0.05, 0) is 74.7 Å². The molecule has 0 aliphatic carbocycles. The van der Waals surface area contributed by atoms with E-state index in [0.29, 0.717) is 0 Å². The number of benzene rings is 6. The maximum atomic E-state index is 6.97. The molecule has 0 saturated heterocycles. The van der Waals surface area contributed by atoms with Crippen LogP contribution in [0.25, 0.3) is 54.9 Å². The summed E-state index contributed by atoms with van der Waals surface area (Å²) >= 11 is 13.9. The van der Waals surface area contributed by atoms with Gasteiger partial charge in [0.05, 0.1) is 0 Å². The molecule has 0 fully saturated rings. The van der Waals surface area contributed by atoms with Gasteiger partial charge in [0, 0.05) is 20.8 Å². The van der Waals surface area contributed by atoms with E-state index in [1.807, 2.05) is 30.3 Å². The SMILES string of the molecule is CCCCCc1ccc(-c2ccc(-c3c4cccc(Cl)c4c(-c4ccccc4)c4cccc(Cl)c34)cc2)cc1. The Labute approximate surface area is 240 Å². The second-order valence-electron chi connectivity index (χ2n) is 10.2. The second-order valence-corrected chi connectivity index (χ2v) is 11.0. The molecule has 39 heavy (non-hydrogen) atoms. The molecule has 6 aromatic carbocycles. The number of aryl methyl sites for hydroxylation is 1. The van der Waals surface area contributed by atoms with Crippen molar-refractivity contribution in [2.24, 2.45) is 0 Å². The van der Waals surface area contributed by atoms with Crippen molar-refractivity contribution in [3.8, 4) is 33.4 Å². The molecule has 0 aliphatic rings. The van der Waals surface area contributed by atoms with Crippen LogP contribution in [0.2, 0.25) is 10.0 Å². The van der Waals surface area contributed by atoms with E-state index in [2.05, 4.69) is 91.9 Å². The Bertz CT molecular complexity index is 1750. The van der Waals surface area contributed by atoms with E-state index in [-0.39, 0.29) is 0 Å². The molecule has 0 amide bonds. The van der Waals surface area contributed by atoms with Crippen LogP contribution in [0.3, 0.4) is 0 Å². The van der Waals surface area contributed by atoms with Crippen LogP contribution in [0, 0.1) is 0 Å². The van der Waals surface area contributed by atoms with Gasteiger partial charge in [-0.3, -0.25) is 0 Å². The lowest BCUT2D eigenvalue weighted by atomic mass is 9.85. The summed E-state index contributed by atoms with van der Waals surface area (Å²) in [6, 6.07) is 40.7. The fraction of sp³-hybridized carbons (Fsp3) is 0.135. The van der Waals surface area contributed by atoms with Crippen LogP contribution in [0.5, 0.6) is 0 Å². The lowest BCUT2D eigenvalue weighted by molar-refractivity contribution is 0.717. The van der Waals surface area contributed by atoms with Gasteiger partial charge in [-0.1, -0.05) is 146 Å². The molecule has 6 aromatic rings. The van der Waals surface area contributed by atoms with E-state index >= 15 is 0 Å². The zero-order valence-corrected chi connectivity index (χ0v) is 23.6. The van der Waals surface area contributed by atoms with E-state index in [0.717, 1.165) is 60.3 Å². The maximum absolute atomic E-state index is 6.97. The fourth-order valence-electron chi connectivity index (χ4n) is 5.72. The smallest absolute Gasteiger partial charge is 0.0491 e. The number of hydrogen-bond donors (Lipinski definition) is 0. The first-order valence-corrected chi connectivity index (χ1v) is 14.5. The van der Waals surface area contributed by atoms with Gasteiger partial charge in [-0.15, -0.1) is 0 Å². The highest BCUT2D eigenvalue weighted by Crippen LogP contribution is 2.47. The summed E-state index contributed by atoms with van der Waals surface area (Å²) in [6.45, 7) is 2.25. The Hall–Kier alpha value is -3.58. The fourth-order valence-corrected chi connectivity index (χ4v) is 6.26. The quantitative estimate of drug-likeness (QED) is 0.138. The molecule has 0 spiro atoms. The van der Waals surface area contributed by atoms with Crippen LogP contribution in [0.15, 0.2) is 115 Å². The van der Waals surface area contributed by atoms with Crippen molar-refractivity contribution >= 4 is 44.7 Å². The topological polar surface area (TPSA) is 0 Å². The zero-order valence-electron chi connectivity index (χ0n) is 22.1. The molecule has 0 nitrogen and oxygen atoms in total. The highest BCUT2D eigenvalue weighted by atomic mass is 35.5. The van der Waals surface area contributed by atoms with Gasteiger partial charge in [-0.2, -0.15) is 0 Å². The van der Waals surface area contributed by atoms with Gasteiger partial charge in [0.2, 0.25) is 0 Å². The predicted molar refractivity (Wildman–Crippen MR) is 171 cm³/mol. The van der Waals surface area contributed by atoms with Crippen LogP contribution in [-0.4, -0.2) is 0 Å². The Balaban J connectivity index is 1.51. The van der Waals surface area contributed by atoms with Crippen molar-refractivity contribution in [1.29, 1.82) is 0 Å². The lowest BCUT2D eigenvalue weighted by Crippen LogP contribution is -1.92. The highest BCUT2D eigenvalue weighted by molar-refractivity contribution is 6.42. The minimum absolute atomic E-state index is 0.740. The Morgan fingerprint density at radius 3 is 1.49 bits per heavy atom. The summed E-state index contributed by atoms with van der Waals surface area (Å²) in [5, 5.41) is 5.79. The van der Waals surface area contributed by atoms with Crippen LogP contribution >= 0.6 is 23.2 Å². The molecule has 0 bridgehead atoms. The van der Waals surface area contributed by atoms with Crippen LogP contribution in [0.1, 0.15) is 31.7 Å². The van der Waals surface area contributed by atoms with Gasteiger partial charge in [0.1, 0.15) is 0 Å². The number of unbranched alkanes of at least 4 members (excludes halogenated alkanes) is 2. The summed E-state index contributed by atoms with van der Waals surface area (Å²) in [7, 11) is 0. The average Bonchev–Trinajstić information content (AvgIpc) is 2.98. The third-order valence-corrected chi connectivity index (χ3v) is 8.29. The van der Waals surface area contributed by atoms with Crippen LogP contribution in [-0.2, 0) is 6.42 Å². The molecule has 0 unspecified atom stereocenters. The van der Waals surface area contributed by atoms with Crippen molar-refractivity contribution in [2.75, 3.05) is 0 Å². The molecular weight excluding hydrogens is 515 g/mol. The van der Waals surface area contributed by atoms with Crippen molar-refractivity contribution in [3.05, 3.63) is 131 Å². The Morgan fingerprint density at radius 2 is 0.949 bits per heavy atom. The van der Waals surface area contributed by atoms with E-state index < -0.39 is 0 Å². The van der Waals surface area contributed by atoms with E-state index in [1.54, 1.807) is 0 Å². The summed E-state index contributed by atoms with van der Waals surface area (Å²) in [5.41, 5.74) is 8.34. The van der Waals surface area contributed by atoms with Crippen LogP contribution in [0.4, 0.5) is 0 Å². The maximum Gasteiger partial charge on any atom is 0.0491 e. The van der Waals surface area contributed by atoms with Gasteiger partial charge < -0.3 is 0 Å². The van der Waals surface area contributed by atoms with Gasteiger partial charge in [-0.25, -0.2) is 0 Å². The number of hydrogen-bond acceptors (Lipinski definition) is 0. The first kappa shape index (κ1) is 25.7. The number of fused-ring (bicyclic) bond motifs is 2. The van der Waals surface area contributed by atoms with E-state index in [1.165, 1.54) is 36.0 Å². The van der Waals surface area contributed by atoms with Crippen molar-refractivity contribution in [1.82, 2.24) is 0 Å². The molecule has 0 heterocycles. The minimum Gasteiger partial charge on any atom is -0.0836 e. The molecule has 0 radical (unpaired) electrons. The third-order valence-electron chi connectivity index (χ3n) is 7.66. The number of halogens is 2. The average molecular weight is 546 g/mol. The van der Waals surface area contributed by atoms with Crippen molar-refractivity contribution in [3.63, 3.8) is 0 Å². The third kappa shape index (κ3) is 4.96. The monoisotopic (exact) mass is 544 g/mol. The molecule has 0 aromatic heterocycles. The predicted octanol–water partition coefficient (Wildman–Crippen LogP) is 12.0. The summed E-state index contributed by atoms with van der Waals surface area (Å²) in [5.74, 6) is 0. The summed E-state index contributed by atoms with van der Waals surface area (Å²) < 4.78 is 0. The molecule has 0 aliphatic heterocycles. The van der Waals surface area contributed by atoms with E-state index in [4.69, 9.17) is 23.2 Å². The highest BCUT2D eigenvalue weighted by Gasteiger charge is 2.20. The minimum atomic E-state index is 0.740. The van der Waals surface area contributed by atoms with Gasteiger partial charge in [0.25, 0.3) is 0 Å². The Kier molecular flexibility index (Phi) is 7.42. The summed E-state index contributed by atoms with van der Waals surface area (Å²) in [6.07, 6.45) is 4.94. The molecule has 6 rings (SSSR count). The Morgan fingerprint density at radius 1 is 0.462 bits per heavy atom. The van der Waals surface area contributed by atoms with Crippen molar-refractivity contribution in [2.45, 2.75) is 32.6 Å². The molecule has 2 heteroatoms. The second kappa shape index (κ2) is 11.3. The molecule has 0 atom stereocenters. The molecule has 192 valence electrons. The van der Waals surface area contributed by atoms with Gasteiger partial charge in [0.15, 0.2) is 0 Å². The van der Waals surface area contributed by atoms with Gasteiger partial charge >= 0.3 is 0 Å². The standard InChI is InChI=1S/C37H30Cl2/c1-2-3-5-10-25-17-19-26(20-18-25)27-21-23-29(24-22-27)35-31-14-9-15-32(38)36(31)34(28-11-6-4-7-12-28)30-13-8-16-33(39)37(30)35/h4,6-9,11-24H,2-3,5,10H2,1H3. The zero-order chi connectivity index (χ0) is 26.8. The first-order chi connectivity index (χ1) is 19.2.